The van der Waals surface area contributed by atoms with Crippen molar-refractivity contribution in [2.45, 2.75) is 18.9 Å². The molecule has 110 valence electrons. The number of nitrogens with two attached hydrogens (primary N) is 1. The molecule has 0 unspecified atom stereocenters. The Kier molecular flexibility index (Phi) is 3.94. The summed E-state index contributed by atoms with van der Waals surface area (Å²) >= 11 is 5.85. The van der Waals surface area contributed by atoms with E-state index in [1.165, 1.54) is 6.26 Å². The lowest BCUT2D eigenvalue weighted by atomic mass is 10.2. The lowest BCUT2D eigenvalue weighted by Gasteiger charge is -2.14. The number of hydrogen-bond acceptors (Lipinski definition) is 4. The Balaban J connectivity index is 1.67. The van der Waals surface area contributed by atoms with Gasteiger partial charge in [0.1, 0.15) is 6.26 Å². The van der Waals surface area contributed by atoms with Gasteiger partial charge in [-0.15, -0.1) is 0 Å². The van der Waals surface area contributed by atoms with Gasteiger partial charge in [-0.05, 0) is 30.7 Å². The Morgan fingerprint density at radius 2 is 2.19 bits per heavy atom. The van der Waals surface area contributed by atoms with E-state index in [2.05, 4.69) is 4.98 Å². The van der Waals surface area contributed by atoms with E-state index < -0.39 is 0 Å². The Morgan fingerprint density at radius 3 is 2.86 bits per heavy atom. The molecular weight excluding hydrogens is 290 g/mol. The van der Waals surface area contributed by atoms with Gasteiger partial charge in [0.2, 0.25) is 11.8 Å². The van der Waals surface area contributed by atoms with Crippen LogP contribution in [0.2, 0.25) is 5.02 Å². The van der Waals surface area contributed by atoms with Crippen LogP contribution >= 0.6 is 11.6 Å². The van der Waals surface area contributed by atoms with Gasteiger partial charge in [-0.2, -0.15) is 0 Å². The third-order valence-electron chi connectivity index (χ3n) is 3.55. The normalized spacial score (nSPS) is 18.2. The van der Waals surface area contributed by atoms with Crippen molar-refractivity contribution in [1.82, 2.24) is 9.88 Å². The van der Waals surface area contributed by atoms with Crippen molar-refractivity contribution < 1.29 is 9.21 Å². The van der Waals surface area contributed by atoms with Gasteiger partial charge in [0, 0.05) is 29.7 Å². The molecule has 1 fully saturated rings. The Labute approximate surface area is 127 Å². The first-order valence-corrected chi connectivity index (χ1v) is 7.23. The molecule has 1 aromatic heterocycles. The van der Waals surface area contributed by atoms with Crippen LogP contribution in [0.25, 0.3) is 11.5 Å². The zero-order valence-corrected chi connectivity index (χ0v) is 12.2. The SMILES string of the molecule is N[C@H]1CCN(C(=O)Cc2coc(-c3ccc(Cl)cc3)n2)C1. The predicted octanol–water partition coefficient (Wildman–Crippen LogP) is 2.10. The third kappa shape index (κ3) is 3.25. The van der Waals surface area contributed by atoms with Gasteiger partial charge < -0.3 is 15.1 Å². The molecule has 6 heteroatoms. The first-order valence-electron chi connectivity index (χ1n) is 6.85. The van der Waals surface area contributed by atoms with Crippen LogP contribution in [0.1, 0.15) is 12.1 Å². The number of carbonyl (C=O) groups excluding carboxylic acids is 1. The van der Waals surface area contributed by atoms with Gasteiger partial charge in [0.25, 0.3) is 0 Å². The minimum Gasteiger partial charge on any atom is -0.444 e. The lowest BCUT2D eigenvalue weighted by molar-refractivity contribution is -0.129. The third-order valence-corrected chi connectivity index (χ3v) is 3.80. The smallest absolute Gasteiger partial charge is 0.228 e. The number of carbonyl (C=O) groups is 1. The van der Waals surface area contributed by atoms with E-state index in [-0.39, 0.29) is 18.4 Å². The van der Waals surface area contributed by atoms with Crippen LogP contribution in [-0.4, -0.2) is 34.9 Å². The molecule has 2 aromatic rings. The number of halogens is 1. The summed E-state index contributed by atoms with van der Waals surface area (Å²) in [4.78, 5) is 18.3. The zero-order chi connectivity index (χ0) is 14.8. The number of aromatic nitrogens is 1. The minimum atomic E-state index is 0.0407. The second-order valence-electron chi connectivity index (χ2n) is 5.22. The van der Waals surface area contributed by atoms with Crippen molar-refractivity contribution >= 4 is 17.5 Å². The highest BCUT2D eigenvalue weighted by molar-refractivity contribution is 6.30. The van der Waals surface area contributed by atoms with Gasteiger partial charge in [-0.1, -0.05) is 11.6 Å². The lowest BCUT2D eigenvalue weighted by Crippen LogP contribution is -2.32. The largest absolute Gasteiger partial charge is 0.444 e. The Morgan fingerprint density at radius 1 is 1.43 bits per heavy atom. The summed E-state index contributed by atoms with van der Waals surface area (Å²) in [7, 11) is 0. The van der Waals surface area contributed by atoms with Crippen molar-refractivity contribution in [1.29, 1.82) is 0 Å². The summed E-state index contributed by atoms with van der Waals surface area (Å²) in [5, 5.41) is 0.658. The highest BCUT2D eigenvalue weighted by atomic mass is 35.5. The fourth-order valence-corrected chi connectivity index (χ4v) is 2.52. The molecule has 0 spiro atoms. The molecule has 1 atom stereocenters. The van der Waals surface area contributed by atoms with Crippen molar-refractivity contribution in [3.8, 4) is 11.5 Å². The van der Waals surface area contributed by atoms with E-state index in [4.69, 9.17) is 21.8 Å². The zero-order valence-electron chi connectivity index (χ0n) is 11.5. The molecule has 21 heavy (non-hydrogen) atoms. The van der Waals surface area contributed by atoms with Crippen LogP contribution < -0.4 is 5.73 Å². The molecule has 0 saturated carbocycles. The number of benzene rings is 1. The standard InChI is InChI=1S/C15H16ClN3O2/c16-11-3-1-10(2-4-11)15-18-13(9-21-15)7-14(20)19-6-5-12(17)8-19/h1-4,9,12H,5-8,17H2/t12-/m0/s1. The number of hydrogen-bond donors (Lipinski definition) is 1. The van der Waals surface area contributed by atoms with Crippen molar-refractivity contribution in [3.05, 3.63) is 41.2 Å². The highest BCUT2D eigenvalue weighted by Crippen LogP contribution is 2.21. The molecule has 3 rings (SSSR count). The number of amides is 1. The average Bonchev–Trinajstić information content (AvgIpc) is 3.09. The maximum Gasteiger partial charge on any atom is 0.228 e. The fourth-order valence-electron chi connectivity index (χ4n) is 2.39. The molecule has 1 aromatic carbocycles. The minimum absolute atomic E-state index is 0.0407. The molecule has 2 heterocycles. The Bertz CT molecular complexity index is 639. The maximum atomic E-state index is 12.1. The molecule has 1 aliphatic heterocycles. The summed E-state index contributed by atoms with van der Waals surface area (Å²) in [6.07, 6.45) is 2.63. The Hall–Kier alpha value is -1.85. The van der Waals surface area contributed by atoms with Crippen molar-refractivity contribution in [3.63, 3.8) is 0 Å². The van der Waals surface area contributed by atoms with Gasteiger partial charge >= 0.3 is 0 Å². The van der Waals surface area contributed by atoms with Gasteiger partial charge in [0.15, 0.2) is 0 Å². The molecule has 5 nitrogen and oxygen atoms in total. The quantitative estimate of drug-likeness (QED) is 0.942. The monoisotopic (exact) mass is 305 g/mol. The van der Waals surface area contributed by atoms with Crippen LogP contribution in [0.5, 0.6) is 0 Å². The first kappa shape index (κ1) is 14.1. The summed E-state index contributed by atoms with van der Waals surface area (Å²) in [6, 6.07) is 7.31. The highest BCUT2D eigenvalue weighted by Gasteiger charge is 2.24. The molecule has 1 amide bonds. The van der Waals surface area contributed by atoms with E-state index in [1.54, 1.807) is 17.0 Å². The fraction of sp³-hybridized carbons (Fsp3) is 0.333. The molecular formula is C15H16ClN3O2. The number of nitrogens with zero attached hydrogens (tertiary/aromatic N) is 2. The molecule has 1 aliphatic rings. The number of likely N-dealkylation sites (tertiary alicyclic amines) is 1. The van der Waals surface area contributed by atoms with Crippen LogP contribution in [0, 0.1) is 0 Å². The summed E-state index contributed by atoms with van der Waals surface area (Å²) in [5.74, 6) is 0.534. The van der Waals surface area contributed by atoms with Gasteiger partial charge in [-0.25, -0.2) is 4.98 Å². The average molecular weight is 306 g/mol. The van der Waals surface area contributed by atoms with Gasteiger partial charge in [-0.3, -0.25) is 4.79 Å². The van der Waals surface area contributed by atoms with Crippen LogP contribution in [0.15, 0.2) is 34.9 Å². The molecule has 0 aliphatic carbocycles. The molecule has 1 saturated heterocycles. The van der Waals surface area contributed by atoms with E-state index in [1.807, 2.05) is 12.1 Å². The summed E-state index contributed by atoms with van der Waals surface area (Å²) in [6.45, 7) is 1.35. The van der Waals surface area contributed by atoms with Crippen molar-refractivity contribution in [2.24, 2.45) is 5.73 Å². The van der Waals surface area contributed by atoms with Crippen molar-refractivity contribution in [2.75, 3.05) is 13.1 Å². The molecule has 2 N–H and O–H groups in total. The topological polar surface area (TPSA) is 72.4 Å². The maximum absolute atomic E-state index is 12.1. The second-order valence-corrected chi connectivity index (χ2v) is 5.65. The van der Waals surface area contributed by atoms with E-state index in [0.29, 0.717) is 23.2 Å². The number of oxazole rings is 1. The molecule has 0 bridgehead atoms. The summed E-state index contributed by atoms with van der Waals surface area (Å²) < 4.78 is 5.43. The van der Waals surface area contributed by atoms with E-state index >= 15 is 0 Å². The number of rotatable bonds is 3. The summed E-state index contributed by atoms with van der Waals surface area (Å²) in [5.41, 5.74) is 7.27. The first-order chi connectivity index (χ1) is 10.1. The predicted molar refractivity (Wildman–Crippen MR) is 79.8 cm³/mol. The van der Waals surface area contributed by atoms with Crippen LogP contribution in [-0.2, 0) is 11.2 Å². The van der Waals surface area contributed by atoms with E-state index in [9.17, 15) is 4.79 Å². The van der Waals surface area contributed by atoms with Crippen LogP contribution in [0.4, 0.5) is 0 Å². The van der Waals surface area contributed by atoms with E-state index in [0.717, 1.165) is 18.5 Å². The van der Waals surface area contributed by atoms with Crippen LogP contribution in [0.3, 0.4) is 0 Å². The molecule has 0 radical (unpaired) electrons. The van der Waals surface area contributed by atoms with Gasteiger partial charge in [0.05, 0.1) is 12.1 Å². The second kappa shape index (κ2) is 5.87.